The van der Waals surface area contributed by atoms with E-state index >= 15 is 0 Å². The highest BCUT2D eigenvalue weighted by Crippen LogP contribution is 2.23. The Hall–Kier alpha value is -1.26. The fraction of sp³-hybridized carbons (Fsp3) is 0.500. The van der Waals surface area contributed by atoms with Crippen molar-refractivity contribution in [3.05, 3.63) is 29.3 Å². The molecule has 0 aromatic heterocycles. The normalized spacial score (nSPS) is 23.2. The number of hydrogen-bond donors (Lipinski definition) is 1. The molecule has 2 unspecified atom stereocenters. The average Bonchev–Trinajstić information content (AvgIpc) is 2.40. The molecular formula is C14H19ClN2O2. The molecule has 1 saturated heterocycles. The summed E-state index contributed by atoms with van der Waals surface area (Å²) in [5.74, 6) is 0.550. The lowest BCUT2D eigenvalue weighted by molar-refractivity contribution is -0.137. The topological polar surface area (TPSA) is 41.6 Å². The molecule has 1 aromatic rings. The van der Waals surface area contributed by atoms with Crippen molar-refractivity contribution in [3.63, 3.8) is 0 Å². The monoisotopic (exact) mass is 282 g/mol. The van der Waals surface area contributed by atoms with Crippen LogP contribution < -0.4 is 10.1 Å². The third-order valence-electron chi connectivity index (χ3n) is 3.54. The predicted octanol–water partition coefficient (Wildman–Crippen LogP) is 1.93. The number of carbonyl (C=O) groups excluding carboxylic acids is 1. The van der Waals surface area contributed by atoms with Crippen LogP contribution in [0.1, 0.15) is 13.8 Å². The summed E-state index contributed by atoms with van der Waals surface area (Å²) in [6.45, 7) is 5.70. The zero-order chi connectivity index (χ0) is 13.8. The number of para-hydroxylation sites is 1. The van der Waals surface area contributed by atoms with Crippen LogP contribution in [0.5, 0.6) is 5.75 Å². The number of ether oxygens (including phenoxy) is 1. The zero-order valence-corrected chi connectivity index (χ0v) is 12.0. The second kappa shape index (κ2) is 6.26. The number of benzene rings is 1. The van der Waals surface area contributed by atoms with Gasteiger partial charge in [-0.05, 0) is 26.0 Å². The second-order valence-electron chi connectivity index (χ2n) is 4.79. The van der Waals surface area contributed by atoms with Gasteiger partial charge in [0.15, 0.2) is 6.61 Å². The van der Waals surface area contributed by atoms with E-state index in [9.17, 15) is 4.79 Å². The first kappa shape index (κ1) is 14.2. The molecular weight excluding hydrogens is 264 g/mol. The Morgan fingerprint density at radius 1 is 1.47 bits per heavy atom. The minimum Gasteiger partial charge on any atom is -0.482 e. The predicted molar refractivity (Wildman–Crippen MR) is 75.6 cm³/mol. The first-order valence-electron chi connectivity index (χ1n) is 6.50. The number of piperazine rings is 1. The molecule has 19 heavy (non-hydrogen) atoms. The first-order valence-corrected chi connectivity index (χ1v) is 6.87. The van der Waals surface area contributed by atoms with E-state index in [1.54, 1.807) is 12.1 Å². The maximum Gasteiger partial charge on any atom is 0.260 e. The highest BCUT2D eigenvalue weighted by atomic mass is 35.5. The molecule has 0 saturated carbocycles. The van der Waals surface area contributed by atoms with Crippen molar-refractivity contribution in [2.24, 2.45) is 0 Å². The first-order chi connectivity index (χ1) is 9.09. The standard InChI is InChI=1S/C14H19ClN2O2/c1-10-11(2)17(8-7-16-10)14(18)9-19-13-6-4-3-5-12(13)15/h3-6,10-11,16H,7-9H2,1-2H3. The SMILES string of the molecule is CC1NCCN(C(=O)COc2ccccc2Cl)C1C. The average molecular weight is 283 g/mol. The third kappa shape index (κ3) is 3.39. The molecule has 0 radical (unpaired) electrons. The van der Waals surface area contributed by atoms with Crippen molar-refractivity contribution >= 4 is 17.5 Å². The number of nitrogens with one attached hydrogen (secondary N) is 1. The summed E-state index contributed by atoms with van der Waals surface area (Å²) >= 11 is 5.99. The molecule has 0 aliphatic carbocycles. The van der Waals surface area contributed by atoms with E-state index in [4.69, 9.17) is 16.3 Å². The summed E-state index contributed by atoms with van der Waals surface area (Å²) in [5.41, 5.74) is 0. The van der Waals surface area contributed by atoms with Gasteiger partial charge in [0.1, 0.15) is 5.75 Å². The van der Waals surface area contributed by atoms with E-state index in [-0.39, 0.29) is 18.6 Å². The van der Waals surface area contributed by atoms with Gasteiger partial charge in [0, 0.05) is 25.2 Å². The smallest absolute Gasteiger partial charge is 0.260 e. The van der Waals surface area contributed by atoms with Crippen molar-refractivity contribution in [2.45, 2.75) is 25.9 Å². The van der Waals surface area contributed by atoms with Gasteiger partial charge >= 0.3 is 0 Å². The summed E-state index contributed by atoms with van der Waals surface area (Å²) in [7, 11) is 0. The highest BCUT2D eigenvalue weighted by molar-refractivity contribution is 6.32. The van der Waals surface area contributed by atoms with Gasteiger partial charge in [-0.2, -0.15) is 0 Å². The lowest BCUT2D eigenvalue weighted by atomic mass is 10.1. The number of rotatable bonds is 3. The number of carbonyl (C=O) groups is 1. The lowest BCUT2D eigenvalue weighted by Crippen LogP contribution is -2.58. The Bertz CT molecular complexity index is 453. The van der Waals surface area contributed by atoms with Crippen LogP contribution in [0, 0.1) is 0 Å². The van der Waals surface area contributed by atoms with Crippen LogP contribution in [-0.4, -0.2) is 42.6 Å². The summed E-state index contributed by atoms with van der Waals surface area (Å²) in [6.07, 6.45) is 0. The van der Waals surface area contributed by atoms with Crippen molar-refractivity contribution in [3.8, 4) is 5.75 Å². The van der Waals surface area contributed by atoms with Gasteiger partial charge in [-0.15, -0.1) is 0 Å². The van der Waals surface area contributed by atoms with E-state index in [0.717, 1.165) is 13.1 Å². The zero-order valence-electron chi connectivity index (χ0n) is 11.2. The Morgan fingerprint density at radius 3 is 2.95 bits per heavy atom. The Labute approximate surface area is 118 Å². The molecule has 1 aliphatic rings. The quantitative estimate of drug-likeness (QED) is 0.921. The van der Waals surface area contributed by atoms with Crippen LogP contribution >= 0.6 is 11.6 Å². The molecule has 1 fully saturated rings. The van der Waals surface area contributed by atoms with Crippen molar-refractivity contribution in [2.75, 3.05) is 19.7 Å². The molecule has 1 amide bonds. The highest BCUT2D eigenvalue weighted by Gasteiger charge is 2.28. The Morgan fingerprint density at radius 2 is 2.21 bits per heavy atom. The lowest BCUT2D eigenvalue weighted by Gasteiger charge is -2.38. The van der Waals surface area contributed by atoms with Crippen LogP contribution in [0.2, 0.25) is 5.02 Å². The van der Waals surface area contributed by atoms with Gasteiger partial charge < -0.3 is 15.0 Å². The Balaban J connectivity index is 1.92. The second-order valence-corrected chi connectivity index (χ2v) is 5.20. The molecule has 0 spiro atoms. The van der Waals surface area contributed by atoms with E-state index < -0.39 is 0 Å². The molecule has 2 atom stereocenters. The summed E-state index contributed by atoms with van der Waals surface area (Å²) in [5, 5.41) is 3.87. The van der Waals surface area contributed by atoms with Gasteiger partial charge in [-0.25, -0.2) is 0 Å². The molecule has 1 heterocycles. The molecule has 1 N–H and O–H groups in total. The van der Waals surface area contributed by atoms with E-state index in [0.29, 0.717) is 16.8 Å². The van der Waals surface area contributed by atoms with Gasteiger partial charge in [-0.1, -0.05) is 23.7 Å². The van der Waals surface area contributed by atoms with E-state index in [2.05, 4.69) is 12.2 Å². The van der Waals surface area contributed by atoms with Crippen LogP contribution in [0.4, 0.5) is 0 Å². The molecule has 5 heteroatoms. The summed E-state index contributed by atoms with van der Waals surface area (Å²) in [6, 6.07) is 7.66. The minimum atomic E-state index is 0.000713. The maximum atomic E-state index is 12.2. The number of nitrogens with zero attached hydrogens (tertiary/aromatic N) is 1. The van der Waals surface area contributed by atoms with Gasteiger partial charge in [0.05, 0.1) is 5.02 Å². The largest absolute Gasteiger partial charge is 0.482 e. The molecule has 0 bridgehead atoms. The van der Waals surface area contributed by atoms with Crippen LogP contribution in [0.15, 0.2) is 24.3 Å². The van der Waals surface area contributed by atoms with Crippen molar-refractivity contribution < 1.29 is 9.53 Å². The van der Waals surface area contributed by atoms with Crippen molar-refractivity contribution in [1.82, 2.24) is 10.2 Å². The Kier molecular flexibility index (Phi) is 4.66. The fourth-order valence-corrected chi connectivity index (χ4v) is 2.38. The molecule has 1 aliphatic heterocycles. The number of halogens is 1. The summed E-state index contributed by atoms with van der Waals surface area (Å²) in [4.78, 5) is 14.0. The van der Waals surface area contributed by atoms with Crippen LogP contribution in [0.3, 0.4) is 0 Å². The van der Waals surface area contributed by atoms with Gasteiger partial charge in [-0.3, -0.25) is 4.79 Å². The molecule has 4 nitrogen and oxygen atoms in total. The van der Waals surface area contributed by atoms with E-state index in [1.165, 1.54) is 0 Å². The molecule has 2 rings (SSSR count). The van der Waals surface area contributed by atoms with Gasteiger partial charge in [0.25, 0.3) is 5.91 Å². The molecule has 104 valence electrons. The number of amides is 1. The maximum absolute atomic E-state index is 12.2. The summed E-state index contributed by atoms with van der Waals surface area (Å²) < 4.78 is 5.49. The van der Waals surface area contributed by atoms with E-state index in [1.807, 2.05) is 24.0 Å². The van der Waals surface area contributed by atoms with Gasteiger partial charge in [0.2, 0.25) is 0 Å². The van der Waals surface area contributed by atoms with Crippen LogP contribution in [0.25, 0.3) is 0 Å². The third-order valence-corrected chi connectivity index (χ3v) is 3.85. The minimum absolute atomic E-state index is 0.000713. The molecule has 1 aromatic carbocycles. The van der Waals surface area contributed by atoms with Crippen LogP contribution in [-0.2, 0) is 4.79 Å². The number of hydrogen-bond acceptors (Lipinski definition) is 3. The fourth-order valence-electron chi connectivity index (χ4n) is 2.19. The van der Waals surface area contributed by atoms with Crippen molar-refractivity contribution in [1.29, 1.82) is 0 Å².